The zero-order valence-electron chi connectivity index (χ0n) is 9.80. The van der Waals surface area contributed by atoms with Crippen LogP contribution in [0.1, 0.15) is 0 Å². The van der Waals surface area contributed by atoms with E-state index in [1.165, 1.54) is 8.70 Å². The van der Waals surface area contributed by atoms with Crippen molar-refractivity contribution in [2.45, 2.75) is 11.0 Å². The van der Waals surface area contributed by atoms with Gasteiger partial charge in [0.25, 0.3) is 0 Å². The van der Waals surface area contributed by atoms with Gasteiger partial charge in [0.2, 0.25) is 0 Å². The molecule has 2 aromatic rings. The molecule has 0 bridgehead atoms. The molecule has 0 aliphatic rings. The number of hydrogen-bond acceptors (Lipinski definition) is 0. The average Bonchev–Trinajstić information content (AvgIpc) is 2.33. The van der Waals surface area contributed by atoms with Crippen molar-refractivity contribution in [3.05, 3.63) is 60.7 Å². The van der Waals surface area contributed by atoms with E-state index in [1.807, 2.05) is 0 Å². The van der Waals surface area contributed by atoms with Gasteiger partial charge < -0.3 is 0 Å². The maximum atomic E-state index is 2.28. The quantitative estimate of drug-likeness (QED) is 0.741. The van der Waals surface area contributed by atoms with Gasteiger partial charge in [0.05, 0.1) is 0 Å². The van der Waals surface area contributed by atoms with Crippen molar-refractivity contribution in [1.29, 1.82) is 0 Å². The van der Waals surface area contributed by atoms with Gasteiger partial charge in [-0.1, -0.05) is 0 Å². The Morgan fingerprint density at radius 1 is 0.688 bits per heavy atom. The van der Waals surface area contributed by atoms with Crippen LogP contribution in [-0.4, -0.2) is 33.2 Å². The molecular formula is C14H16AsGa. The van der Waals surface area contributed by atoms with Gasteiger partial charge in [-0.05, 0) is 0 Å². The molecular weight excluding hydrogens is 313 g/mol. The molecule has 0 atom stereocenters. The van der Waals surface area contributed by atoms with Gasteiger partial charge in [-0.2, -0.15) is 0 Å². The van der Waals surface area contributed by atoms with Crippen LogP contribution in [0.3, 0.4) is 0 Å². The minimum absolute atomic E-state index is 0.177. The van der Waals surface area contributed by atoms with E-state index in [0.717, 1.165) is 0 Å². The molecule has 0 nitrogen and oxygen atoms in total. The number of benzene rings is 2. The van der Waals surface area contributed by atoms with Crippen LogP contribution in [0, 0.1) is 0 Å². The first-order valence-electron chi connectivity index (χ1n) is 5.42. The summed E-state index contributed by atoms with van der Waals surface area (Å²) < 4.78 is 2.93. The molecule has 0 unspecified atom stereocenters. The third-order valence-electron chi connectivity index (χ3n) is 1.77. The van der Waals surface area contributed by atoms with Crippen LogP contribution in [0.15, 0.2) is 60.7 Å². The average molecular weight is 329 g/mol. The van der Waals surface area contributed by atoms with Crippen LogP contribution in [0.2, 0.25) is 11.0 Å². The second-order valence-electron chi connectivity index (χ2n) is 3.36. The third-order valence-corrected chi connectivity index (χ3v) is 4.11. The Morgan fingerprint density at radius 2 is 1.00 bits per heavy atom. The molecule has 0 N–H and O–H groups in total. The Hall–Kier alpha value is -0.365. The Kier molecular flexibility index (Phi) is 7.49. The fraction of sp³-hybridized carbons (Fsp3) is 0.143. The van der Waals surface area contributed by atoms with Crippen LogP contribution in [0.5, 0.6) is 0 Å². The second-order valence-corrected chi connectivity index (χ2v) is 8.42. The zero-order chi connectivity index (χ0) is 11.6. The summed E-state index contributed by atoms with van der Waals surface area (Å²) in [6.45, 7) is 0. The summed E-state index contributed by atoms with van der Waals surface area (Å²) in [4.78, 5) is 0. The zero-order valence-corrected chi connectivity index (χ0v) is 14.1. The van der Waals surface area contributed by atoms with E-state index in [1.54, 1.807) is 0 Å². The van der Waals surface area contributed by atoms with Crippen molar-refractivity contribution in [2.24, 2.45) is 0 Å². The van der Waals surface area contributed by atoms with E-state index in [0.29, 0.717) is 17.4 Å². The Morgan fingerprint density at radius 3 is 1.31 bits per heavy atom. The SMILES string of the molecule is [CH3][Ga][CH3].c1ccc([As]c2ccccc2)cc1. The molecule has 2 aromatic carbocycles. The monoisotopic (exact) mass is 328 g/mol. The van der Waals surface area contributed by atoms with E-state index in [4.69, 9.17) is 0 Å². The molecule has 0 fully saturated rings. The van der Waals surface area contributed by atoms with Crippen LogP contribution >= 0.6 is 0 Å². The van der Waals surface area contributed by atoms with Gasteiger partial charge in [-0.3, -0.25) is 0 Å². The van der Waals surface area contributed by atoms with Gasteiger partial charge in [0.1, 0.15) is 0 Å². The number of hydrogen-bond donors (Lipinski definition) is 0. The molecule has 80 valence electrons. The molecule has 16 heavy (non-hydrogen) atoms. The van der Waals surface area contributed by atoms with E-state index in [2.05, 4.69) is 71.6 Å². The molecule has 0 aromatic heterocycles. The third kappa shape index (κ3) is 5.65. The molecule has 0 saturated heterocycles. The predicted octanol–water partition coefficient (Wildman–Crippen LogP) is 2.13. The summed E-state index contributed by atoms with van der Waals surface area (Å²) >= 11 is 0.489. The first kappa shape index (κ1) is 13.7. The van der Waals surface area contributed by atoms with Crippen molar-refractivity contribution >= 4 is 41.9 Å². The summed E-state index contributed by atoms with van der Waals surface area (Å²) in [5.41, 5.74) is 4.56. The van der Waals surface area contributed by atoms with Crippen LogP contribution < -0.4 is 8.70 Å². The second kappa shape index (κ2) is 8.75. The summed E-state index contributed by atoms with van der Waals surface area (Å²) in [5.74, 6) is 0. The molecule has 2 rings (SSSR count). The first-order chi connectivity index (χ1) is 7.86. The standard InChI is InChI=1S/C12H10As.2CH3.Ga/c1-3-7-11(8-4-1)13-12-9-5-2-6-10-12;;;/h1-10H;2*1H3;. The summed E-state index contributed by atoms with van der Waals surface area (Å²) in [5, 5.41) is 0. The fourth-order valence-electron chi connectivity index (χ4n) is 1.15. The van der Waals surface area contributed by atoms with E-state index in [9.17, 15) is 0 Å². The molecule has 0 aliphatic carbocycles. The normalized spacial score (nSPS) is 8.88. The van der Waals surface area contributed by atoms with Crippen molar-refractivity contribution < 1.29 is 0 Å². The van der Waals surface area contributed by atoms with Crippen molar-refractivity contribution in [2.75, 3.05) is 0 Å². The molecule has 0 saturated carbocycles. The van der Waals surface area contributed by atoms with Gasteiger partial charge in [-0.15, -0.1) is 0 Å². The van der Waals surface area contributed by atoms with Gasteiger partial charge in [0, 0.05) is 0 Å². The van der Waals surface area contributed by atoms with Crippen LogP contribution in [-0.2, 0) is 0 Å². The topological polar surface area (TPSA) is 0 Å². The summed E-state index contributed by atoms with van der Waals surface area (Å²) in [6, 6.07) is 21.4. The predicted molar refractivity (Wildman–Crippen MR) is 75.4 cm³/mol. The molecule has 2 heteroatoms. The van der Waals surface area contributed by atoms with Crippen molar-refractivity contribution in [3.8, 4) is 0 Å². The fourth-order valence-corrected chi connectivity index (χ4v) is 3.13. The Bertz CT molecular complexity index is 335. The Labute approximate surface area is 113 Å². The summed E-state index contributed by atoms with van der Waals surface area (Å²) in [7, 11) is 0. The molecule has 0 amide bonds. The van der Waals surface area contributed by atoms with Crippen molar-refractivity contribution in [1.82, 2.24) is 0 Å². The summed E-state index contributed by atoms with van der Waals surface area (Å²) in [6.07, 6.45) is 0. The molecule has 0 heterocycles. The van der Waals surface area contributed by atoms with Crippen molar-refractivity contribution in [3.63, 3.8) is 0 Å². The van der Waals surface area contributed by atoms with Gasteiger partial charge in [0.15, 0.2) is 0 Å². The minimum atomic E-state index is 0.177. The van der Waals surface area contributed by atoms with Crippen LogP contribution in [0.25, 0.3) is 0 Å². The van der Waals surface area contributed by atoms with E-state index >= 15 is 0 Å². The molecule has 0 aliphatic heterocycles. The van der Waals surface area contributed by atoms with E-state index in [-0.39, 0.29) is 15.8 Å². The number of rotatable bonds is 2. The molecule has 2 radical (unpaired) electrons. The van der Waals surface area contributed by atoms with Crippen LogP contribution in [0.4, 0.5) is 0 Å². The van der Waals surface area contributed by atoms with Gasteiger partial charge >= 0.3 is 113 Å². The van der Waals surface area contributed by atoms with Gasteiger partial charge in [-0.25, -0.2) is 0 Å². The Balaban J connectivity index is 0.000000386. The maximum absolute atomic E-state index is 2.28. The molecule has 0 spiro atoms. The first-order valence-corrected chi connectivity index (χ1v) is 12.1. The van der Waals surface area contributed by atoms with E-state index < -0.39 is 0 Å².